The molecular formula is C12H18BrN3O. The fourth-order valence-corrected chi connectivity index (χ4v) is 3.64. The summed E-state index contributed by atoms with van der Waals surface area (Å²) in [4.78, 5) is 4.66. The van der Waals surface area contributed by atoms with Crippen molar-refractivity contribution < 1.29 is 5.11 Å². The molecule has 0 radical (unpaired) electrons. The number of aliphatic hydroxyl groups excluding tert-OH is 1. The van der Waals surface area contributed by atoms with Gasteiger partial charge in [-0.3, -0.25) is 0 Å². The van der Waals surface area contributed by atoms with Gasteiger partial charge in [0.2, 0.25) is 0 Å². The average Bonchev–Trinajstić information content (AvgIpc) is 2.69. The molecule has 1 aromatic heterocycles. The molecule has 0 aliphatic carbocycles. The Hall–Kier alpha value is -0.390. The SMILES string of the molecule is OC1CCCn2c(C3CCNCC3)nc(Br)c21. The second-order valence-electron chi connectivity index (χ2n) is 4.98. The molecule has 0 bridgehead atoms. The predicted octanol–water partition coefficient (Wildman–Crippen LogP) is 1.94. The third-order valence-corrected chi connectivity index (χ3v) is 4.45. The van der Waals surface area contributed by atoms with Gasteiger partial charge in [-0.1, -0.05) is 0 Å². The summed E-state index contributed by atoms with van der Waals surface area (Å²) in [5.74, 6) is 1.72. The summed E-state index contributed by atoms with van der Waals surface area (Å²) >= 11 is 3.50. The Labute approximate surface area is 110 Å². The van der Waals surface area contributed by atoms with Crippen molar-refractivity contribution in [3.8, 4) is 0 Å². The Bertz CT molecular complexity index is 412. The number of fused-ring (bicyclic) bond motifs is 1. The van der Waals surface area contributed by atoms with E-state index >= 15 is 0 Å². The number of imidazole rings is 1. The van der Waals surface area contributed by atoms with E-state index in [0.717, 1.165) is 55.6 Å². The minimum atomic E-state index is -0.346. The molecule has 2 N–H and O–H groups in total. The van der Waals surface area contributed by atoms with Crippen LogP contribution in [0.5, 0.6) is 0 Å². The third kappa shape index (κ3) is 2.04. The van der Waals surface area contributed by atoms with Crippen LogP contribution in [0, 0.1) is 0 Å². The number of aliphatic hydroxyl groups is 1. The number of halogens is 1. The summed E-state index contributed by atoms with van der Waals surface area (Å²) in [6.45, 7) is 3.16. The van der Waals surface area contributed by atoms with Gasteiger partial charge in [-0.2, -0.15) is 0 Å². The number of hydrogen-bond donors (Lipinski definition) is 2. The molecule has 3 rings (SSSR count). The number of rotatable bonds is 1. The Morgan fingerprint density at radius 3 is 2.82 bits per heavy atom. The molecule has 0 aromatic carbocycles. The number of nitrogens with zero attached hydrogens (tertiary/aromatic N) is 2. The predicted molar refractivity (Wildman–Crippen MR) is 69.0 cm³/mol. The molecular weight excluding hydrogens is 282 g/mol. The highest BCUT2D eigenvalue weighted by Crippen LogP contribution is 2.36. The zero-order chi connectivity index (χ0) is 11.8. The Morgan fingerprint density at radius 1 is 1.29 bits per heavy atom. The minimum Gasteiger partial charge on any atom is -0.387 e. The topological polar surface area (TPSA) is 50.1 Å². The molecule has 1 atom stereocenters. The zero-order valence-corrected chi connectivity index (χ0v) is 11.4. The van der Waals surface area contributed by atoms with E-state index < -0.39 is 0 Å². The van der Waals surface area contributed by atoms with Crippen molar-refractivity contribution in [2.45, 2.75) is 44.2 Å². The molecule has 0 saturated carbocycles. The van der Waals surface area contributed by atoms with Crippen LogP contribution in [-0.2, 0) is 6.54 Å². The van der Waals surface area contributed by atoms with E-state index in [0.29, 0.717) is 5.92 Å². The van der Waals surface area contributed by atoms with Crippen molar-refractivity contribution >= 4 is 15.9 Å². The molecule has 0 spiro atoms. The Morgan fingerprint density at radius 2 is 2.06 bits per heavy atom. The second-order valence-corrected chi connectivity index (χ2v) is 5.73. The van der Waals surface area contributed by atoms with Crippen LogP contribution in [0.25, 0.3) is 0 Å². The monoisotopic (exact) mass is 299 g/mol. The van der Waals surface area contributed by atoms with E-state index in [1.807, 2.05) is 0 Å². The highest BCUT2D eigenvalue weighted by Gasteiger charge is 2.29. The summed E-state index contributed by atoms with van der Waals surface area (Å²) < 4.78 is 3.09. The van der Waals surface area contributed by atoms with E-state index in [1.54, 1.807) is 0 Å². The maximum atomic E-state index is 10.1. The quantitative estimate of drug-likeness (QED) is 0.833. The van der Waals surface area contributed by atoms with Crippen LogP contribution < -0.4 is 5.32 Å². The van der Waals surface area contributed by atoms with Gasteiger partial charge in [0.25, 0.3) is 0 Å². The summed E-state index contributed by atoms with van der Waals surface area (Å²) in [6, 6.07) is 0. The Kier molecular flexibility index (Phi) is 3.23. The summed E-state index contributed by atoms with van der Waals surface area (Å²) in [6.07, 6.45) is 3.86. The van der Waals surface area contributed by atoms with Crippen LogP contribution in [0.1, 0.15) is 49.2 Å². The number of nitrogens with one attached hydrogen (secondary N) is 1. The largest absolute Gasteiger partial charge is 0.387 e. The first kappa shape index (κ1) is 11.7. The van der Waals surface area contributed by atoms with E-state index in [4.69, 9.17) is 0 Å². The molecule has 5 heteroatoms. The summed E-state index contributed by atoms with van der Waals surface area (Å²) in [5.41, 5.74) is 0.991. The van der Waals surface area contributed by atoms with Crippen molar-refractivity contribution in [2.24, 2.45) is 0 Å². The molecule has 94 valence electrons. The lowest BCUT2D eigenvalue weighted by Crippen LogP contribution is -2.29. The maximum Gasteiger partial charge on any atom is 0.130 e. The molecule has 1 unspecified atom stereocenters. The minimum absolute atomic E-state index is 0.346. The van der Waals surface area contributed by atoms with Crippen LogP contribution >= 0.6 is 15.9 Å². The van der Waals surface area contributed by atoms with Gasteiger partial charge >= 0.3 is 0 Å². The molecule has 17 heavy (non-hydrogen) atoms. The van der Waals surface area contributed by atoms with Crippen LogP contribution in [0.3, 0.4) is 0 Å². The van der Waals surface area contributed by atoms with Crippen molar-refractivity contribution in [3.05, 3.63) is 16.1 Å². The molecule has 0 amide bonds. The first-order chi connectivity index (χ1) is 8.27. The van der Waals surface area contributed by atoms with Gasteiger partial charge in [-0.15, -0.1) is 0 Å². The third-order valence-electron chi connectivity index (χ3n) is 3.87. The van der Waals surface area contributed by atoms with Crippen LogP contribution in [0.15, 0.2) is 4.60 Å². The van der Waals surface area contributed by atoms with Crippen molar-refractivity contribution in [2.75, 3.05) is 13.1 Å². The standard InChI is InChI=1S/C12H18BrN3O/c13-11-10-9(17)2-1-7-16(10)12(15-11)8-3-5-14-6-4-8/h8-9,14,17H,1-7H2. The zero-order valence-electron chi connectivity index (χ0n) is 9.82. The van der Waals surface area contributed by atoms with E-state index in [1.165, 1.54) is 5.82 Å². The molecule has 4 nitrogen and oxygen atoms in total. The van der Waals surface area contributed by atoms with Gasteiger partial charge in [0.1, 0.15) is 10.4 Å². The lowest BCUT2D eigenvalue weighted by Gasteiger charge is -2.26. The highest BCUT2D eigenvalue weighted by molar-refractivity contribution is 9.10. The molecule has 1 saturated heterocycles. The van der Waals surface area contributed by atoms with Gasteiger partial charge in [-0.05, 0) is 54.7 Å². The number of aromatic nitrogens is 2. The molecule has 2 aliphatic heterocycles. The first-order valence-corrected chi connectivity index (χ1v) is 7.21. The second kappa shape index (κ2) is 4.71. The van der Waals surface area contributed by atoms with Gasteiger partial charge in [-0.25, -0.2) is 4.98 Å². The molecule has 2 aliphatic rings. The van der Waals surface area contributed by atoms with Crippen molar-refractivity contribution in [1.29, 1.82) is 0 Å². The number of hydrogen-bond acceptors (Lipinski definition) is 3. The van der Waals surface area contributed by atoms with Crippen molar-refractivity contribution in [1.82, 2.24) is 14.9 Å². The summed E-state index contributed by atoms with van der Waals surface area (Å²) in [5, 5.41) is 13.4. The smallest absolute Gasteiger partial charge is 0.130 e. The molecule has 1 fully saturated rings. The van der Waals surface area contributed by atoms with Crippen LogP contribution in [-0.4, -0.2) is 27.7 Å². The van der Waals surface area contributed by atoms with Crippen LogP contribution in [0.2, 0.25) is 0 Å². The van der Waals surface area contributed by atoms with Crippen molar-refractivity contribution in [3.63, 3.8) is 0 Å². The fraction of sp³-hybridized carbons (Fsp3) is 0.750. The van der Waals surface area contributed by atoms with E-state index in [2.05, 4.69) is 30.8 Å². The average molecular weight is 300 g/mol. The van der Waals surface area contributed by atoms with Gasteiger partial charge in [0, 0.05) is 12.5 Å². The lowest BCUT2D eigenvalue weighted by molar-refractivity contribution is 0.137. The fourth-order valence-electron chi connectivity index (χ4n) is 2.98. The first-order valence-electron chi connectivity index (χ1n) is 6.42. The maximum absolute atomic E-state index is 10.1. The van der Waals surface area contributed by atoms with E-state index in [9.17, 15) is 5.11 Å². The molecule has 3 heterocycles. The van der Waals surface area contributed by atoms with Crippen LogP contribution in [0.4, 0.5) is 0 Å². The normalized spacial score (nSPS) is 25.9. The van der Waals surface area contributed by atoms with Gasteiger partial charge in [0.05, 0.1) is 11.8 Å². The Balaban J connectivity index is 1.97. The van der Waals surface area contributed by atoms with E-state index in [-0.39, 0.29) is 6.10 Å². The highest BCUT2D eigenvalue weighted by atomic mass is 79.9. The molecule has 1 aromatic rings. The number of piperidine rings is 1. The lowest BCUT2D eigenvalue weighted by atomic mass is 9.96. The van der Waals surface area contributed by atoms with Gasteiger partial charge < -0.3 is 15.0 Å². The van der Waals surface area contributed by atoms with Gasteiger partial charge in [0.15, 0.2) is 0 Å². The summed E-state index contributed by atoms with van der Waals surface area (Å²) in [7, 11) is 0.